The first-order valence-electron chi connectivity index (χ1n) is 12.2. The van der Waals surface area contributed by atoms with Crippen LogP contribution in [0.1, 0.15) is 21.5 Å². The topological polar surface area (TPSA) is 124 Å². The molecule has 9 nitrogen and oxygen atoms in total. The summed E-state index contributed by atoms with van der Waals surface area (Å²) in [5, 5.41) is 11.6. The number of fused-ring (bicyclic) bond motifs is 1. The van der Waals surface area contributed by atoms with Gasteiger partial charge in [-0.1, -0.05) is 36.4 Å². The number of likely N-dealkylation sites (N-methyl/N-ethyl adjacent to an activating group) is 2. The van der Waals surface area contributed by atoms with E-state index in [0.29, 0.717) is 40.0 Å². The number of benzene rings is 3. The van der Waals surface area contributed by atoms with Crippen LogP contribution in [-0.2, 0) is 9.53 Å². The number of anilines is 1. The van der Waals surface area contributed by atoms with Crippen molar-refractivity contribution in [1.29, 1.82) is 0 Å². The van der Waals surface area contributed by atoms with Crippen LogP contribution in [0.4, 0.5) is 11.4 Å². The van der Waals surface area contributed by atoms with Crippen LogP contribution in [0.5, 0.6) is 5.88 Å². The van der Waals surface area contributed by atoms with Crippen LogP contribution in [0.2, 0.25) is 0 Å². The van der Waals surface area contributed by atoms with E-state index in [-0.39, 0.29) is 24.9 Å². The maximum atomic E-state index is 12.4. The zero-order chi connectivity index (χ0) is 27.2. The van der Waals surface area contributed by atoms with Crippen molar-refractivity contribution < 1.29 is 19.4 Å². The number of amides is 1. The van der Waals surface area contributed by atoms with Crippen LogP contribution < -0.4 is 10.6 Å². The van der Waals surface area contributed by atoms with Crippen molar-refractivity contribution in [2.75, 3.05) is 45.7 Å². The number of aliphatic imine (C=N–C) groups is 1. The van der Waals surface area contributed by atoms with E-state index in [1.807, 2.05) is 73.6 Å². The van der Waals surface area contributed by atoms with Gasteiger partial charge in [0.2, 0.25) is 5.91 Å². The monoisotopic (exact) mass is 513 g/mol. The van der Waals surface area contributed by atoms with Gasteiger partial charge in [0.1, 0.15) is 6.61 Å². The van der Waals surface area contributed by atoms with Crippen molar-refractivity contribution in [3.8, 4) is 5.88 Å². The number of carbonyl (C=O) groups excluding carboxylic acids is 2. The normalized spacial score (nSPS) is 11.7. The van der Waals surface area contributed by atoms with Gasteiger partial charge in [-0.15, -0.1) is 0 Å². The minimum atomic E-state index is -0.487. The molecule has 1 heterocycles. The Balaban J connectivity index is 1.74. The molecule has 4 rings (SSSR count). The van der Waals surface area contributed by atoms with Gasteiger partial charge >= 0.3 is 5.97 Å². The largest absolute Gasteiger partial charge is 0.494 e. The third-order valence-corrected chi connectivity index (χ3v) is 5.95. The number of aromatic amines is 1. The van der Waals surface area contributed by atoms with Crippen molar-refractivity contribution in [2.45, 2.75) is 0 Å². The number of esters is 1. The lowest BCUT2D eigenvalue weighted by atomic mass is 10.00. The van der Waals surface area contributed by atoms with E-state index in [9.17, 15) is 14.7 Å². The van der Waals surface area contributed by atoms with E-state index in [2.05, 4.69) is 4.98 Å². The molecule has 1 amide bonds. The number of rotatable bonds is 9. The molecule has 0 unspecified atom stereocenters. The number of nitrogens with one attached hydrogen (secondary N) is 1. The predicted molar refractivity (Wildman–Crippen MR) is 149 cm³/mol. The maximum Gasteiger partial charge on any atom is 0.338 e. The van der Waals surface area contributed by atoms with Gasteiger partial charge in [0.05, 0.1) is 29.1 Å². The standard InChI is InChI=1S/C29H31N5O4/c1-33(2)18-25(35)34(3)22-12-10-21(11-13-22)31-27(19-7-5-4-6-8-19)26-23-14-9-20(29(37)38-16-15-30)17-24(23)32-28(26)36/h4-14,17,32,36H,15-16,18,30H2,1-3H3. The second kappa shape index (κ2) is 11.7. The van der Waals surface area contributed by atoms with Gasteiger partial charge in [-0.25, -0.2) is 9.79 Å². The summed E-state index contributed by atoms with van der Waals surface area (Å²) in [7, 11) is 5.44. The van der Waals surface area contributed by atoms with Crippen LogP contribution in [-0.4, -0.2) is 73.4 Å². The lowest BCUT2D eigenvalue weighted by molar-refractivity contribution is -0.118. The first-order chi connectivity index (χ1) is 18.3. The molecule has 0 aliphatic carbocycles. The Morgan fingerprint density at radius 1 is 0.974 bits per heavy atom. The highest BCUT2D eigenvalue weighted by Crippen LogP contribution is 2.32. The van der Waals surface area contributed by atoms with E-state index in [0.717, 1.165) is 11.3 Å². The Kier molecular flexibility index (Phi) is 8.20. The van der Waals surface area contributed by atoms with Gasteiger partial charge in [-0.3, -0.25) is 4.79 Å². The minimum Gasteiger partial charge on any atom is -0.494 e. The lowest BCUT2D eigenvalue weighted by Gasteiger charge is -2.19. The van der Waals surface area contributed by atoms with Gasteiger partial charge in [0.15, 0.2) is 5.88 Å². The Hall–Kier alpha value is -4.47. The highest BCUT2D eigenvalue weighted by molar-refractivity contribution is 6.22. The molecule has 0 saturated heterocycles. The van der Waals surface area contributed by atoms with Crippen LogP contribution in [0.3, 0.4) is 0 Å². The van der Waals surface area contributed by atoms with Crippen molar-refractivity contribution in [1.82, 2.24) is 9.88 Å². The summed E-state index contributed by atoms with van der Waals surface area (Å²) in [6, 6.07) is 21.9. The van der Waals surface area contributed by atoms with Crippen molar-refractivity contribution in [3.05, 3.63) is 89.5 Å². The number of hydrogen-bond donors (Lipinski definition) is 3. The number of nitrogens with zero attached hydrogens (tertiary/aromatic N) is 3. The minimum absolute atomic E-state index is 0.0220. The van der Waals surface area contributed by atoms with Crippen molar-refractivity contribution in [2.24, 2.45) is 10.7 Å². The molecule has 0 spiro atoms. The first-order valence-corrected chi connectivity index (χ1v) is 12.2. The molecule has 0 aliphatic rings. The third-order valence-electron chi connectivity index (χ3n) is 5.95. The average molecular weight is 514 g/mol. The first kappa shape index (κ1) is 26.6. The molecule has 1 aromatic heterocycles. The fourth-order valence-electron chi connectivity index (χ4n) is 4.05. The fraction of sp³-hybridized carbons (Fsp3) is 0.207. The average Bonchev–Trinajstić information content (AvgIpc) is 3.25. The van der Waals surface area contributed by atoms with E-state index < -0.39 is 5.97 Å². The molecule has 0 saturated carbocycles. The lowest BCUT2D eigenvalue weighted by Crippen LogP contribution is -2.34. The SMILES string of the molecule is CN(C)CC(=O)N(C)c1ccc(N=C(c2ccccc2)c2c(O)[nH]c3cc(C(=O)OCCN)ccc23)cc1. The van der Waals surface area contributed by atoms with Crippen molar-refractivity contribution >= 4 is 39.9 Å². The number of aromatic nitrogens is 1. The molecule has 0 bridgehead atoms. The van der Waals surface area contributed by atoms with Crippen LogP contribution in [0.25, 0.3) is 10.9 Å². The van der Waals surface area contributed by atoms with Gasteiger partial charge in [-0.05, 0) is 50.5 Å². The Morgan fingerprint density at radius 3 is 2.34 bits per heavy atom. The van der Waals surface area contributed by atoms with E-state index in [1.54, 1.807) is 30.1 Å². The summed E-state index contributed by atoms with van der Waals surface area (Å²) < 4.78 is 5.13. The maximum absolute atomic E-state index is 12.4. The number of H-pyrrole nitrogens is 1. The summed E-state index contributed by atoms with van der Waals surface area (Å²) >= 11 is 0. The van der Waals surface area contributed by atoms with E-state index >= 15 is 0 Å². The predicted octanol–water partition coefficient (Wildman–Crippen LogP) is 3.68. The summed E-state index contributed by atoms with van der Waals surface area (Å²) in [6.07, 6.45) is 0. The summed E-state index contributed by atoms with van der Waals surface area (Å²) in [5.41, 5.74) is 9.61. The van der Waals surface area contributed by atoms with Crippen LogP contribution in [0, 0.1) is 0 Å². The Morgan fingerprint density at radius 2 is 1.68 bits per heavy atom. The highest BCUT2D eigenvalue weighted by Gasteiger charge is 2.20. The number of nitrogens with two attached hydrogens (primary N) is 1. The van der Waals surface area contributed by atoms with Gasteiger partial charge in [0.25, 0.3) is 0 Å². The summed E-state index contributed by atoms with van der Waals surface area (Å²) in [4.78, 5) is 36.0. The van der Waals surface area contributed by atoms with Crippen molar-refractivity contribution in [3.63, 3.8) is 0 Å². The molecular formula is C29H31N5O4. The van der Waals surface area contributed by atoms with E-state index in [1.165, 1.54) is 0 Å². The summed E-state index contributed by atoms with van der Waals surface area (Å²) in [5.74, 6) is -0.578. The molecular weight excluding hydrogens is 482 g/mol. The van der Waals surface area contributed by atoms with Gasteiger partial charge in [0, 0.05) is 35.7 Å². The fourth-order valence-corrected chi connectivity index (χ4v) is 4.05. The highest BCUT2D eigenvalue weighted by atomic mass is 16.5. The molecule has 4 N–H and O–H groups in total. The number of ether oxygens (including phenoxy) is 1. The van der Waals surface area contributed by atoms with Crippen LogP contribution in [0.15, 0.2) is 77.8 Å². The zero-order valence-electron chi connectivity index (χ0n) is 21.6. The molecule has 0 radical (unpaired) electrons. The quantitative estimate of drug-likeness (QED) is 0.232. The van der Waals surface area contributed by atoms with Crippen LogP contribution >= 0.6 is 0 Å². The second-order valence-electron chi connectivity index (χ2n) is 9.07. The molecule has 0 fully saturated rings. The molecule has 0 atom stereocenters. The van der Waals surface area contributed by atoms with E-state index in [4.69, 9.17) is 15.5 Å². The molecule has 9 heteroatoms. The number of aromatic hydroxyl groups is 1. The molecule has 3 aromatic carbocycles. The van der Waals surface area contributed by atoms with Gasteiger partial charge in [-0.2, -0.15) is 0 Å². The number of hydrogen-bond acceptors (Lipinski definition) is 7. The molecule has 196 valence electrons. The second-order valence-corrected chi connectivity index (χ2v) is 9.07. The summed E-state index contributed by atoms with van der Waals surface area (Å²) in [6.45, 7) is 0.671. The zero-order valence-corrected chi connectivity index (χ0v) is 21.6. The smallest absolute Gasteiger partial charge is 0.338 e. The van der Waals surface area contributed by atoms with Gasteiger partial charge < -0.3 is 30.4 Å². The Bertz CT molecular complexity index is 1460. The molecule has 38 heavy (non-hydrogen) atoms. The molecule has 4 aromatic rings. The molecule has 0 aliphatic heterocycles. The Labute approximate surface area is 221 Å². The number of carbonyl (C=O) groups is 2. The third kappa shape index (κ3) is 5.91.